The summed E-state index contributed by atoms with van der Waals surface area (Å²) >= 11 is 0. The van der Waals surface area contributed by atoms with Crippen LogP contribution in [0.2, 0.25) is 0 Å². The third-order valence-electron chi connectivity index (χ3n) is 5.74. The Balaban J connectivity index is 1.32. The number of nitrogens with zero attached hydrogens (tertiary/aromatic N) is 1. The van der Waals surface area contributed by atoms with E-state index in [1.807, 2.05) is 56.3 Å². The highest BCUT2D eigenvalue weighted by Crippen LogP contribution is 2.41. The molecule has 0 unspecified atom stereocenters. The molecule has 0 radical (unpaired) electrons. The van der Waals surface area contributed by atoms with E-state index in [4.69, 9.17) is 4.74 Å². The van der Waals surface area contributed by atoms with Crippen molar-refractivity contribution in [2.75, 3.05) is 19.7 Å². The highest BCUT2D eigenvalue weighted by atomic mass is 16.5. The number of carbonyl (C=O) groups excluding carboxylic acids is 3. The standard InChI is InChI=1S/C23H25N3O4/c1-15-7-8-19(16(2)13-15)30-12-11-24-20(27)14-26-21(28)23(25-22(26)29)10-9-17-5-3-4-6-18(17)23/h3-8,13H,9-12,14H2,1-2H3,(H,24,27)(H,25,29)/t23-/m0/s1. The first kappa shape index (κ1) is 19.9. The molecule has 2 aromatic rings. The minimum atomic E-state index is -1.04. The van der Waals surface area contributed by atoms with Gasteiger partial charge in [-0.25, -0.2) is 4.79 Å². The molecule has 2 N–H and O–H groups in total. The van der Waals surface area contributed by atoms with Crippen LogP contribution in [-0.2, 0) is 21.5 Å². The fraction of sp³-hybridized carbons (Fsp3) is 0.348. The molecule has 30 heavy (non-hydrogen) atoms. The number of imide groups is 1. The van der Waals surface area contributed by atoms with E-state index < -0.39 is 17.5 Å². The highest BCUT2D eigenvalue weighted by molar-refractivity contribution is 6.09. The van der Waals surface area contributed by atoms with Crippen LogP contribution in [0.1, 0.15) is 28.7 Å². The maximum absolute atomic E-state index is 13.1. The Bertz CT molecular complexity index is 1020. The molecule has 156 valence electrons. The maximum atomic E-state index is 13.1. The van der Waals surface area contributed by atoms with Gasteiger partial charge in [-0.1, -0.05) is 42.0 Å². The molecule has 1 spiro atoms. The Morgan fingerprint density at radius 2 is 2.00 bits per heavy atom. The summed E-state index contributed by atoms with van der Waals surface area (Å²) in [5, 5.41) is 5.54. The van der Waals surface area contributed by atoms with Gasteiger partial charge < -0.3 is 15.4 Å². The van der Waals surface area contributed by atoms with E-state index in [-0.39, 0.29) is 19.0 Å². The molecule has 0 saturated carbocycles. The lowest BCUT2D eigenvalue weighted by Crippen LogP contribution is -2.44. The minimum Gasteiger partial charge on any atom is -0.491 e. The van der Waals surface area contributed by atoms with E-state index in [1.165, 1.54) is 0 Å². The van der Waals surface area contributed by atoms with E-state index in [1.54, 1.807) is 0 Å². The molecule has 4 rings (SSSR count). The van der Waals surface area contributed by atoms with E-state index >= 15 is 0 Å². The van der Waals surface area contributed by atoms with Crippen LogP contribution in [-0.4, -0.2) is 42.4 Å². The van der Waals surface area contributed by atoms with Gasteiger partial charge in [0.05, 0.1) is 6.54 Å². The third kappa shape index (κ3) is 3.51. The maximum Gasteiger partial charge on any atom is 0.325 e. The van der Waals surface area contributed by atoms with Crippen molar-refractivity contribution in [3.8, 4) is 5.75 Å². The Morgan fingerprint density at radius 1 is 1.20 bits per heavy atom. The average Bonchev–Trinajstić information content (AvgIpc) is 3.20. The molecule has 1 fully saturated rings. The Hall–Kier alpha value is -3.35. The monoisotopic (exact) mass is 407 g/mol. The van der Waals surface area contributed by atoms with E-state index in [0.29, 0.717) is 13.0 Å². The number of rotatable bonds is 6. The van der Waals surface area contributed by atoms with Crippen LogP contribution < -0.4 is 15.4 Å². The van der Waals surface area contributed by atoms with E-state index in [9.17, 15) is 14.4 Å². The lowest BCUT2D eigenvalue weighted by molar-refractivity contribution is -0.135. The molecule has 0 aromatic heterocycles. The van der Waals surface area contributed by atoms with Crippen molar-refractivity contribution in [1.29, 1.82) is 0 Å². The molecule has 1 saturated heterocycles. The fourth-order valence-corrected chi connectivity index (χ4v) is 4.25. The molecule has 1 atom stereocenters. The molecule has 0 bridgehead atoms. The fourth-order valence-electron chi connectivity index (χ4n) is 4.25. The molecular formula is C23H25N3O4. The second-order valence-corrected chi connectivity index (χ2v) is 7.85. The first-order valence-electron chi connectivity index (χ1n) is 10.1. The van der Waals surface area contributed by atoms with Crippen molar-refractivity contribution in [2.24, 2.45) is 0 Å². The number of benzene rings is 2. The largest absolute Gasteiger partial charge is 0.491 e. The van der Waals surface area contributed by atoms with Crippen molar-refractivity contribution in [3.63, 3.8) is 0 Å². The number of carbonyl (C=O) groups is 3. The summed E-state index contributed by atoms with van der Waals surface area (Å²) in [4.78, 5) is 38.8. The third-order valence-corrected chi connectivity index (χ3v) is 5.74. The van der Waals surface area contributed by atoms with Gasteiger partial charge in [0, 0.05) is 0 Å². The predicted molar refractivity (Wildman–Crippen MR) is 111 cm³/mol. The average molecular weight is 407 g/mol. The van der Waals surface area contributed by atoms with Gasteiger partial charge in [-0.2, -0.15) is 0 Å². The van der Waals surface area contributed by atoms with Crippen molar-refractivity contribution in [2.45, 2.75) is 32.2 Å². The number of fused-ring (bicyclic) bond motifs is 2. The summed E-state index contributed by atoms with van der Waals surface area (Å²) in [6.07, 6.45) is 1.23. The van der Waals surface area contributed by atoms with Gasteiger partial charge in [0.1, 0.15) is 24.4 Å². The SMILES string of the molecule is Cc1ccc(OCCNC(=O)CN2C(=O)N[C@]3(CCc4ccccc43)C2=O)c(C)c1. The summed E-state index contributed by atoms with van der Waals surface area (Å²) < 4.78 is 5.70. The second-order valence-electron chi connectivity index (χ2n) is 7.85. The molecular weight excluding hydrogens is 382 g/mol. The van der Waals surface area contributed by atoms with Crippen LogP contribution in [0.3, 0.4) is 0 Å². The quantitative estimate of drug-likeness (QED) is 0.568. The number of hydrogen-bond donors (Lipinski definition) is 2. The molecule has 1 heterocycles. The van der Waals surface area contributed by atoms with Crippen LogP contribution in [0.25, 0.3) is 0 Å². The van der Waals surface area contributed by atoms with Crippen molar-refractivity contribution in [3.05, 3.63) is 64.7 Å². The van der Waals surface area contributed by atoms with Crippen LogP contribution >= 0.6 is 0 Å². The topological polar surface area (TPSA) is 87.7 Å². The van der Waals surface area contributed by atoms with Gasteiger partial charge in [-0.3, -0.25) is 14.5 Å². The lowest BCUT2D eigenvalue weighted by Gasteiger charge is -2.22. The smallest absolute Gasteiger partial charge is 0.325 e. The Morgan fingerprint density at radius 3 is 2.80 bits per heavy atom. The van der Waals surface area contributed by atoms with E-state index in [0.717, 1.165) is 39.3 Å². The van der Waals surface area contributed by atoms with Gasteiger partial charge in [-0.05, 0) is 49.4 Å². The van der Waals surface area contributed by atoms with Gasteiger partial charge in [0.2, 0.25) is 5.91 Å². The number of urea groups is 1. The van der Waals surface area contributed by atoms with Crippen molar-refractivity contribution >= 4 is 17.8 Å². The van der Waals surface area contributed by atoms with Gasteiger partial charge in [0.25, 0.3) is 5.91 Å². The first-order valence-corrected chi connectivity index (χ1v) is 10.1. The summed E-state index contributed by atoms with van der Waals surface area (Å²) in [6.45, 7) is 4.26. The predicted octanol–water partition coefficient (Wildman–Crippen LogP) is 2.19. The molecule has 1 aliphatic carbocycles. The zero-order valence-corrected chi connectivity index (χ0v) is 17.2. The summed E-state index contributed by atoms with van der Waals surface area (Å²) in [5.74, 6) is 0.0102. The number of hydrogen-bond acceptors (Lipinski definition) is 4. The number of ether oxygens (including phenoxy) is 1. The molecule has 7 heteroatoms. The molecule has 2 aliphatic rings. The summed E-state index contributed by atoms with van der Waals surface area (Å²) in [5.41, 5.74) is 3.03. The highest BCUT2D eigenvalue weighted by Gasteiger charge is 2.55. The Labute approximate surface area is 175 Å². The Kier molecular flexibility index (Phi) is 5.20. The number of nitrogens with one attached hydrogen (secondary N) is 2. The van der Waals surface area contributed by atoms with Crippen LogP contribution in [0.5, 0.6) is 5.75 Å². The number of amides is 4. The second kappa shape index (κ2) is 7.82. The normalized spacial score (nSPS) is 19.7. The van der Waals surface area contributed by atoms with Gasteiger partial charge in [0.15, 0.2) is 0 Å². The summed E-state index contributed by atoms with van der Waals surface area (Å²) in [7, 11) is 0. The summed E-state index contributed by atoms with van der Waals surface area (Å²) in [6, 6.07) is 13.0. The lowest BCUT2D eigenvalue weighted by atomic mass is 9.92. The van der Waals surface area contributed by atoms with Crippen LogP contribution in [0, 0.1) is 13.8 Å². The van der Waals surface area contributed by atoms with Gasteiger partial charge >= 0.3 is 6.03 Å². The van der Waals surface area contributed by atoms with Crippen molar-refractivity contribution < 1.29 is 19.1 Å². The molecule has 2 aromatic carbocycles. The minimum absolute atomic E-state index is 0.282. The van der Waals surface area contributed by atoms with Crippen LogP contribution in [0.15, 0.2) is 42.5 Å². The van der Waals surface area contributed by atoms with Gasteiger partial charge in [-0.15, -0.1) is 0 Å². The molecule has 1 aliphatic heterocycles. The zero-order chi connectivity index (χ0) is 21.3. The zero-order valence-electron chi connectivity index (χ0n) is 17.2. The molecule has 7 nitrogen and oxygen atoms in total. The number of aryl methyl sites for hydroxylation is 3. The van der Waals surface area contributed by atoms with E-state index in [2.05, 4.69) is 10.6 Å². The van der Waals surface area contributed by atoms with Crippen LogP contribution in [0.4, 0.5) is 4.79 Å². The first-order chi connectivity index (χ1) is 14.4. The van der Waals surface area contributed by atoms with Crippen molar-refractivity contribution in [1.82, 2.24) is 15.5 Å². The molecule has 4 amide bonds.